The Morgan fingerprint density at radius 3 is 2.56 bits per heavy atom. The molecule has 0 unspecified atom stereocenters. The minimum Gasteiger partial charge on any atom is -0.394 e. The second kappa shape index (κ2) is 11.3. The van der Waals surface area contributed by atoms with E-state index in [9.17, 15) is 9.90 Å². The maximum Gasteiger partial charge on any atom is 0.237 e. The Morgan fingerprint density at radius 1 is 1.25 bits per heavy atom. The van der Waals surface area contributed by atoms with E-state index in [-0.39, 0.29) is 39.6 Å². The predicted octanol–water partition coefficient (Wildman–Crippen LogP) is 3.85. The lowest BCUT2D eigenvalue weighted by atomic mass is 9.68. The third-order valence-corrected chi connectivity index (χ3v) is 7.13. The number of aliphatic hydroxyl groups excluding tert-OH is 2. The van der Waals surface area contributed by atoms with Crippen LogP contribution in [0.5, 0.6) is 0 Å². The highest BCUT2D eigenvalue weighted by Gasteiger charge is 2.58. The SMILES string of the molecule is CC(C)(C)C[C@@H]1N[C@@H](C(=O)NCC[C@H](O)CO)[C@H](c2cccc(Cl)c2F)[C@@]1(N)c1ccc(Cl)cc1F. The highest BCUT2D eigenvalue weighted by Crippen LogP contribution is 2.49. The molecule has 1 heterocycles. The van der Waals surface area contributed by atoms with E-state index < -0.39 is 53.8 Å². The second-order valence-corrected chi connectivity index (χ2v) is 11.4. The number of halogens is 4. The van der Waals surface area contributed by atoms with Gasteiger partial charge >= 0.3 is 0 Å². The number of benzene rings is 2. The molecule has 6 nitrogen and oxygen atoms in total. The van der Waals surface area contributed by atoms with Crippen molar-refractivity contribution in [2.75, 3.05) is 13.2 Å². The average molecular weight is 544 g/mol. The minimum atomic E-state index is -1.56. The molecular weight excluding hydrogens is 511 g/mol. The van der Waals surface area contributed by atoms with Gasteiger partial charge in [-0.1, -0.05) is 62.2 Å². The first-order chi connectivity index (χ1) is 16.8. The second-order valence-electron chi connectivity index (χ2n) is 10.6. The summed E-state index contributed by atoms with van der Waals surface area (Å²) in [4.78, 5) is 13.4. The lowest BCUT2D eigenvalue weighted by Gasteiger charge is -2.40. The predicted molar refractivity (Wildman–Crippen MR) is 137 cm³/mol. The summed E-state index contributed by atoms with van der Waals surface area (Å²) in [5.74, 6) is -2.93. The molecule has 0 aliphatic carbocycles. The van der Waals surface area contributed by atoms with E-state index in [0.717, 1.165) is 6.07 Å². The van der Waals surface area contributed by atoms with Crippen LogP contribution in [0.1, 0.15) is 50.7 Å². The van der Waals surface area contributed by atoms with E-state index in [1.807, 2.05) is 20.8 Å². The summed E-state index contributed by atoms with van der Waals surface area (Å²) in [7, 11) is 0. The highest BCUT2D eigenvalue weighted by molar-refractivity contribution is 6.31. The molecule has 10 heteroatoms. The standard InChI is InChI=1S/C26H33Cl2F2N3O3/c1-25(2,3)12-20-26(31,17-8-7-14(27)11-19(17)29)21(16-5-4-6-18(28)22(16)30)23(33-20)24(36)32-10-9-15(35)13-34/h4-8,11,15,20-21,23,33-35H,9-10,12-13,31H2,1-3H3,(H,32,36)/t15-,20-,21-,23+,26+/m0/s1. The van der Waals surface area contributed by atoms with Crippen LogP contribution in [-0.2, 0) is 10.3 Å². The van der Waals surface area contributed by atoms with Crippen molar-refractivity contribution < 1.29 is 23.8 Å². The fourth-order valence-electron chi connectivity index (χ4n) is 4.97. The van der Waals surface area contributed by atoms with Gasteiger partial charge in [-0.05, 0) is 42.0 Å². The summed E-state index contributed by atoms with van der Waals surface area (Å²) in [6, 6.07) is 6.91. The van der Waals surface area contributed by atoms with Crippen LogP contribution in [-0.4, -0.2) is 47.5 Å². The van der Waals surface area contributed by atoms with E-state index >= 15 is 8.78 Å². The normalized spacial score (nSPS) is 25.1. The topological polar surface area (TPSA) is 108 Å². The summed E-state index contributed by atoms with van der Waals surface area (Å²) >= 11 is 12.1. The van der Waals surface area contributed by atoms with Crippen LogP contribution in [0.2, 0.25) is 10.0 Å². The fourth-order valence-corrected chi connectivity index (χ4v) is 5.31. The van der Waals surface area contributed by atoms with Crippen molar-refractivity contribution in [1.29, 1.82) is 0 Å². The summed E-state index contributed by atoms with van der Waals surface area (Å²) in [6.45, 7) is 5.60. The van der Waals surface area contributed by atoms with Crippen LogP contribution in [0.3, 0.4) is 0 Å². The smallest absolute Gasteiger partial charge is 0.237 e. The Balaban J connectivity index is 2.17. The number of nitrogens with two attached hydrogens (primary N) is 1. The van der Waals surface area contributed by atoms with Gasteiger partial charge in [-0.2, -0.15) is 0 Å². The van der Waals surface area contributed by atoms with Crippen LogP contribution in [0, 0.1) is 17.0 Å². The molecule has 2 aromatic rings. The lowest BCUT2D eigenvalue weighted by Crippen LogP contribution is -2.52. The molecule has 1 fully saturated rings. The van der Waals surface area contributed by atoms with Gasteiger partial charge in [-0.3, -0.25) is 4.79 Å². The van der Waals surface area contributed by atoms with Crippen molar-refractivity contribution in [1.82, 2.24) is 10.6 Å². The van der Waals surface area contributed by atoms with E-state index in [1.54, 1.807) is 6.07 Å². The average Bonchev–Trinajstić information content (AvgIpc) is 3.06. The van der Waals surface area contributed by atoms with Gasteiger partial charge in [-0.15, -0.1) is 0 Å². The molecule has 0 aromatic heterocycles. The molecule has 1 amide bonds. The third-order valence-electron chi connectivity index (χ3n) is 6.61. The van der Waals surface area contributed by atoms with E-state index in [2.05, 4.69) is 10.6 Å². The van der Waals surface area contributed by atoms with E-state index in [1.165, 1.54) is 24.3 Å². The molecule has 36 heavy (non-hydrogen) atoms. The molecule has 0 bridgehead atoms. The van der Waals surface area contributed by atoms with Crippen LogP contribution < -0.4 is 16.4 Å². The zero-order chi connectivity index (χ0) is 26.8. The van der Waals surface area contributed by atoms with Crippen molar-refractivity contribution >= 4 is 29.1 Å². The molecule has 1 aliphatic heterocycles. The molecule has 0 spiro atoms. The number of hydrogen-bond acceptors (Lipinski definition) is 5. The molecule has 6 N–H and O–H groups in total. The summed E-state index contributed by atoms with van der Waals surface area (Å²) in [5.41, 5.74) is 5.45. The van der Waals surface area contributed by atoms with Crippen LogP contribution in [0.4, 0.5) is 8.78 Å². The Hall–Kier alpha value is -1.81. The third kappa shape index (κ3) is 6.01. The minimum absolute atomic E-state index is 0.0697. The lowest BCUT2D eigenvalue weighted by molar-refractivity contribution is -0.123. The van der Waals surface area contributed by atoms with Gasteiger partial charge < -0.3 is 26.6 Å². The first kappa shape index (κ1) is 28.8. The molecule has 2 aromatic carbocycles. The number of nitrogens with one attached hydrogen (secondary N) is 2. The number of hydrogen-bond donors (Lipinski definition) is 5. The van der Waals surface area contributed by atoms with Crippen LogP contribution >= 0.6 is 23.2 Å². The highest BCUT2D eigenvalue weighted by atomic mass is 35.5. The largest absolute Gasteiger partial charge is 0.394 e. The van der Waals surface area contributed by atoms with Crippen molar-refractivity contribution in [2.45, 2.75) is 63.3 Å². The molecule has 0 radical (unpaired) electrons. The maximum absolute atomic E-state index is 15.5. The number of amides is 1. The number of carbonyl (C=O) groups is 1. The molecule has 1 aliphatic rings. The molecule has 3 rings (SSSR count). The number of rotatable bonds is 8. The monoisotopic (exact) mass is 543 g/mol. The zero-order valence-corrected chi connectivity index (χ0v) is 22.0. The van der Waals surface area contributed by atoms with Gasteiger partial charge in [0.05, 0.1) is 29.3 Å². The summed E-state index contributed by atoms with van der Waals surface area (Å²) in [6.07, 6.45) is -0.429. The van der Waals surface area contributed by atoms with Gasteiger partial charge in [-0.25, -0.2) is 8.78 Å². The number of carbonyl (C=O) groups excluding carboxylic acids is 1. The summed E-state index contributed by atoms with van der Waals surface area (Å²) < 4.78 is 30.9. The van der Waals surface area contributed by atoms with Gasteiger partial charge in [0.25, 0.3) is 0 Å². The molecule has 5 atom stereocenters. The quantitative estimate of drug-likeness (QED) is 0.347. The molecule has 1 saturated heterocycles. The van der Waals surface area contributed by atoms with Gasteiger partial charge in [0.15, 0.2) is 0 Å². The van der Waals surface area contributed by atoms with Crippen molar-refractivity contribution in [3.63, 3.8) is 0 Å². The van der Waals surface area contributed by atoms with Gasteiger partial charge in [0.1, 0.15) is 11.6 Å². The molecule has 198 valence electrons. The zero-order valence-electron chi connectivity index (χ0n) is 20.5. The van der Waals surface area contributed by atoms with Crippen LogP contribution in [0.15, 0.2) is 36.4 Å². The van der Waals surface area contributed by atoms with Crippen molar-refractivity contribution in [3.8, 4) is 0 Å². The van der Waals surface area contributed by atoms with Gasteiger partial charge in [0.2, 0.25) is 5.91 Å². The Bertz CT molecular complexity index is 1100. The first-order valence-corrected chi connectivity index (χ1v) is 12.6. The molecular formula is C26H33Cl2F2N3O3. The maximum atomic E-state index is 15.5. The number of aliphatic hydroxyl groups is 2. The Labute approximate surface area is 220 Å². The molecule has 0 saturated carbocycles. The van der Waals surface area contributed by atoms with Gasteiger partial charge in [0, 0.05) is 29.1 Å². The first-order valence-electron chi connectivity index (χ1n) is 11.8. The van der Waals surface area contributed by atoms with Crippen molar-refractivity contribution in [3.05, 3.63) is 69.2 Å². The Morgan fingerprint density at radius 2 is 1.94 bits per heavy atom. The summed E-state index contributed by atoms with van der Waals surface area (Å²) in [5, 5.41) is 24.7. The van der Waals surface area contributed by atoms with E-state index in [0.29, 0.717) is 6.42 Å². The van der Waals surface area contributed by atoms with E-state index in [4.69, 9.17) is 34.0 Å². The van der Waals surface area contributed by atoms with Crippen LogP contribution in [0.25, 0.3) is 0 Å². The fraction of sp³-hybridized carbons (Fsp3) is 0.500. The van der Waals surface area contributed by atoms with Crippen molar-refractivity contribution in [2.24, 2.45) is 11.1 Å². The Kier molecular flexibility index (Phi) is 9.02.